The monoisotopic (exact) mass is 1250 g/mol. The SMILES string of the molecule is COC(=O)c1nc2c(C(F)(F)F)cc(-c3ccoc3)cn2c1C1CC1.COC(=O)c1nc2c(C(F)(F)F)cc(-c3ccoc3)cn2c1Cl.O=C(c1nc2c(C(F)(F)F)cc(-c3ccoc3)cn2c1C1CC1)N1CC=C(c2cccs2)C1.OB(O)C1CC1. The number of hydrogen-bond acceptors (Lipinski definition) is 14. The number of furan rings is 3. The molecule has 0 atom stereocenters. The van der Waals surface area contributed by atoms with Crippen molar-refractivity contribution >= 4 is 70.4 Å². The Hall–Kier alpha value is -8.60. The van der Waals surface area contributed by atoms with Gasteiger partial charge in [-0.2, -0.15) is 39.5 Å². The molecule has 14 rings (SSSR count). The minimum Gasteiger partial charge on any atom is -0.472 e. The van der Waals surface area contributed by atoms with Gasteiger partial charge in [0, 0.05) is 81.8 Å². The van der Waals surface area contributed by atoms with Gasteiger partial charge in [0.15, 0.2) is 22.7 Å². The van der Waals surface area contributed by atoms with Crippen LogP contribution >= 0.6 is 22.9 Å². The predicted octanol–water partition coefficient (Wildman–Crippen LogP) is 14.0. The van der Waals surface area contributed by atoms with Gasteiger partial charge in [0.1, 0.15) is 16.4 Å². The predicted molar refractivity (Wildman–Crippen MR) is 297 cm³/mol. The lowest BCUT2D eigenvalue weighted by Gasteiger charge is -2.16. The van der Waals surface area contributed by atoms with E-state index in [0.29, 0.717) is 52.3 Å². The van der Waals surface area contributed by atoms with Crippen molar-refractivity contribution in [3.63, 3.8) is 0 Å². The second-order valence-corrected chi connectivity index (χ2v) is 22.0. The van der Waals surface area contributed by atoms with E-state index in [2.05, 4.69) is 19.7 Å². The van der Waals surface area contributed by atoms with Crippen LogP contribution in [0.5, 0.6) is 0 Å². The van der Waals surface area contributed by atoms with Crippen LogP contribution in [0.4, 0.5) is 39.5 Å². The van der Waals surface area contributed by atoms with Gasteiger partial charge in [-0.1, -0.05) is 36.6 Å². The van der Waals surface area contributed by atoms with Gasteiger partial charge in [-0.05, 0) is 84.9 Å². The van der Waals surface area contributed by atoms with Gasteiger partial charge in [-0.15, -0.1) is 11.3 Å². The average molecular weight is 1250 g/mol. The van der Waals surface area contributed by atoms with Crippen LogP contribution in [0.3, 0.4) is 0 Å². The number of pyridine rings is 3. The zero-order chi connectivity index (χ0) is 61.9. The smallest absolute Gasteiger partial charge is 0.454 e. The number of esters is 2. The molecular formula is C58H46BClF9N7O10S. The fraction of sp³-hybridized carbons (Fsp3) is 0.276. The Kier molecular flexibility index (Phi) is 16.3. The molecule has 0 radical (unpaired) electrons. The lowest BCUT2D eigenvalue weighted by Crippen LogP contribution is -2.30. The fourth-order valence-electron chi connectivity index (χ4n) is 9.85. The van der Waals surface area contributed by atoms with E-state index in [9.17, 15) is 53.9 Å². The molecule has 87 heavy (non-hydrogen) atoms. The summed E-state index contributed by atoms with van der Waals surface area (Å²) in [5.74, 6) is -1.75. The molecule has 0 bridgehead atoms. The van der Waals surface area contributed by atoms with Gasteiger partial charge in [-0.25, -0.2) is 24.5 Å². The molecule has 1 aliphatic heterocycles. The maximum absolute atomic E-state index is 14.0. The van der Waals surface area contributed by atoms with Crippen LogP contribution < -0.4 is 0 Å². The second kappa shape index (κ2) is 23.6. The normalized spacial score (nSPS) is 15.1. The van der Waals surface area contributed by atoms with Crippen molar-refractivity contribution in [2.45, 2.75) is 74.7 Å². The molecule has 3 saturated carbocycles. The highest BCUT2D eigenvalue weighted by atomic mass is 35.5. The van der Waals surface area contributed by atoms with E-state index in [1.165, 1.54) is 65.8 Å². The van der Waals surface area contributed by atoms with Crippen molar-refractivity contribution in [2.24, 2.45) is 0 Å². The Balaban J connectivity index is 0.000000131. The number of aromatic nitrogens is 6. The summed E-state index contributed by atoms with van der Waals surface area (Å²) < 4.78 is 151. The van der Waals surface area contributed by atoms with Crippen LogP contribution in [-0.2, 0) is 28.0 Å². The van der Waals surface area contributed by atoms with Crippen LogP contribution in [0.25, 0.3) is 55.9 Å². The van der Waals surface area contributed by atoms with Gasteiger partial charge in [0.25, 0.3) is 5.91 Å². The zero-order valence-corrected chi connectivity index (χ0v) is 47.0. The number of imidazole rings is 3. The molecule has 0 saturated heterocycles. The van der Waals surface area contributed by atoms with E-state index in [4.69, 9.17) is 39.6 Å². The van der Waals surface area contributed by atoms with Crippen molar-refractivity contribution in [2.75, 3.05) is 27.3 Å². The quantitative estimate of drug-likeness (QED) is 0.0744. The third kappa shape index (κ3) is 12.5. The Morgan fingerprint density at radius 2 is 1.03 bits per heavy atom. The van der Waals surface area contributed by atoms with E-state index in [1.807, 2.05) is 23.6 Å². The Bertz CT molecular complexity index is 4200. The number of ether oxygens (including phenoxy) is 2. The summed E-state index contributed by atoms with van der Waals surface area (Å²) in [6, 6.07) is 11.7. The van der Waals surface area contributed by atoms with Crippen LogP contribution in [0.1, 0.15) is 115 Å². The molecule has 29 heteroatoms. The van der Waals surface area contributed by atoms with E-state index < -0.39 is 59.9 Å². The summed E-state index contributed by atoms with van der Waals surface area (Å²) in [6.07, 6.45) is 6.09. The van der Waals surface area contributed by atoms with E-state index in [-0.39, 0.29) is 62.7 Å². The first-order valence-electron chi connectivity index (χ1n) is 26.6. The fourth-order valence-corrected chi connectivity index (χ4v) is 10.9. The van der Waals surface area contributed by atoms with Crippen molar-refractivity contribution in [1.29, 1.82) is 0 Å². The van der Waals surface area contributed by atoms with Crippen LogP contribution in [-0.4, -0.2) is 95.4 Å². The number of thiophene rings is 1. The maximum Gasteiger partial charge on any atom is 0.454 e. The molecular weight excluding hydrogens is 1200 g/mol. The minimum absolute atomic E-state index is 0.00443. The number of rotatable bonds is 10. The first-order valence-corrected chi connectivity index (χ1v) is 27.9. The molecule has 3 aliphatic carbocycles. The summed E-state index contributed by atoms with van der Waals surface area (Å²) >= 11 is 7.59. The molecule has 0 unspecified atom stereocenters. The molecule has 1 amide bonds. The molecule has 10 aromatic rings. The number of carbonyl (C=O) groups is 3. The van der Waals surface area contributed by atoms with Crippen LogP contribution in [0, 0.1) is 0 Å². The van der Waals surface area contributed by atoms with Crippen molar-refractivity contribution < 1.29 is 86.7 Å². The standard InChI is InChI=1S/C24H18F3N3O2S.C17H13F3N2O3.C14H8ClF3N2O3.C3H7BO2/c25-24(26,27)18-10-17(16-6-8-32-13-16)12-30-21(14-3-4-14)20(28-22(18)30)23(31)29-7-5-15(11-29)19-2-1-9-33-19;1-24-16(23)13-14(9-2-3-9)22-7-11(10-4-5-25-8-10)6-12(15(22)21-13)17(18,19)20;1-22-13(21)10-11(15)20-5-8(7-2-3-23-6-7)4-9(12(20)19-10)14(16,17)18;5-4(6)3-1-2-3/h1-2,5-6,8-10,12-14H,3-4,7,11H2;4-9H,2-3H2,1H3;2-6H,1H3;3,5-6H,1-2H2. The number of alkyl halides is 9. The second-order valence-electron chi connectivity index (χ2n) is 20.7. The third-order valence-corrected chi connectivity index (χ3v) is 15.9. The zero-order valence-electron chi connectivity index (χ0n) is 45.4. The summed E-state index contributed by atoms with van der Waals surface area (Å²) in [5.41, 5.74) is 0.390. The molecule has 2 N–H and O–H groups in total. The summed E-state index contributed by atoms with van der Waals surface area (Å²) in [4.78, 5) is 51.8. The van der Waals surface area contributed by atoms with Crippen molar-refractivity contribution in [1.82, 2.24) is 33.1 Å². The van der Waals surface area contributed by atoms with Crippen molar-refractivity contribution in [3.05, 3.63) is 171 Å². The van der Waals surface area contributed by atoms with Gasteiger partial charge < -0.3 is 46.5 Å². The van der Waals surface area contributed by atoms with Crippen LogP contribution in [0.2, 0.25) is 11.0 Å². The van der Waals surface area contributed by atoms with E-state index >= 15 is 0 Å². The Morgan fingerprint density at radius 3 is 1.41 bits per heavy atom. The molecule has 11 heterocycles. The molecule has 0 spiro atoms. The van der Waals surface area contributed by atoms with Crippen LogP contribution in [0.15, 0.2) is 129 Å². The van der Waals surface area contributed by atoms with Gasteiger partial charge >= 0.3 is 37.6 Å². The third-order valence-electron chi connectivity index (χ3n) is 14.6. The van der Waals surface area contributed by atoms with E-state index in [1.54, 1.807) is 40.8 Å². The largest absolute Gasteiger partial charge is 0.472 e. The number of nitrogens with zero attached hydrogens (tertiary/aromatic N) is 7. The summed E-state index contributed by atoms with van der Waals surface area (Å²) in [5, 5.41) is 18.2. The Morgan fingerprint density at radius 1 is 0.609 bits per heavy atom. The highest BCUT2D eigenvalue weighted by Gasteiger charge is 2.43. The van der Waals surface area contributed by atoms with Crippen molar-refractivity contribution in [3.8, 4) is 33.4 Å². The van der Waals surface area contributed by atoms with Gasteiger partial charge in [-0.3, -0.25) is 9.20 Å². The summed E-state index contributed by atoms with van der Waals surface area (Å²) in [7, 11) is 1.24. The molecule has 17 nitrogen and oxygen atoms in total. The lowest BCUT2D eigenvalue weighted by molar-refractivity contribution is -0.137. The number of fused-ring (bicyclic) bond motifs is 3. The van der Waals surface area contributed by atoms with Gasteiger partial charge in [0.2, 0.25) is 0 Å². The van der Waals surface area contributed by atoms with Gasteiger partial charge in [0.05, 0.1) is 79.9 Å². The molecule has 10 aromatic heterocycles. The first-order chi connectivity index (χ1) is 41.4. The first kappa shape index (κ1) is 60.1. The number of amides is 1. The lowest BCUT2D eigenvalue weighted by atomic mass is 9.84. The molecule has 0 aromatic carbocycles. The summed E-state index contributed by atoms with van der Waals surface area (Å²) in [6.45, 7) is 0.833. The minimum atomic E-state index is -4.68. The number of methoxy groups -OCH3 is 2. The molecule has 3 fully saturated rings. The number of hydrogen-bond donors (Lipinski definition) is 2. The number of carbonyl (C=O) groups excluding carboxylic acids is 3. The highest BCUT2D eigenvalue weighted by Crippen LogP contribution is 2.47. The van der Waals surface area contributed by atoms with E-state index in [0.717, 1.165) is 78.7 Å². The average Bonchev–Trinajstić information content (AvgIpc) is 1.83. The Labute approximate surface area is 495 Å². The maximum atomic E-state index is 14.0. The topological polar surface area (TPSA) is 205 Å². The molecule has 4 aliphatic rings. The number of halogens is 10. The molecule has 452 valence electrons. The highest BCUT2D eigenvalue weighted by molar-refractivity contribution is 7.11.